The minimum Gasteiger partial charge on any atom is -0.381 e. The van der Waals surface area contributed by atoms with E-state index in [1.54, 1.807) is 0 Å². The van der Waals surface area contributed by atoms with Crippen molar-refractivity contribution in [3.05, 3.63) is 17.8 Å². The molecule has 0 saturated heterocycles. The van der Waals surface area contributed by atoms with Crippen LogP contribution >= 0.6 is 0 Å². The van der Waals surface area contributed by atoms with E-state index in [0.29, 0.717) is 6.04 Å². The van der Waals surface area contributed by atoms with Crippen LogP contribution in [-0.2, 0) is 0 Å². The van der Waals surface area contributed by atoms with E-state index in [1.165, 1.54) is 36.9 Å². The summed E-state index contributed by atoms with van der Waals surface area (Å²) < 4.78 is 0. The number of nitrogens with zero attached hydrogens (tertiary/aromatic N) is 1. The van der Waals surface area contributed by atoms with E-state index < -0.39 is 0 Å². The lowest BCUT2D eigenvalue weighted by molar-refractivity contribution is 0.341. The Morgan fingerprint density at radius 1 is 1.31 bits per heavy atom. The Balaban J connectivity index is 1.92. The average molecular weight is 217 g/mol. The quantitative estimate of drug-likeness (QED) is 0.701. The van der Waals surface area contributed by atoms with Gasteiger partial charge in [0.05, 0.1) is 5.69 Å². The van der Waals surface area contributed by atoms with E-state index in [1.807, 2.05) is 6.20 Å². The SMILES string of the molecule is Cc1ccnc2c1NCC1CCCCC1N2. The summed E-state index contributed by atoms with van der Waals surface area (Å²) in [6.45, 7) is 3.24. The maximum Gasteiger partial charge on any atom is 0.149 e. The number of pyridine rings is 1. The lowest BCUT2D eigenvalue weighted by atomic mass is 9.85. The summed E-state index contributed by atoms with van der Waals surface area (Å²) in [4.78, 5) is 4.46. The Hall–Kier alpha value is -1.25. The van der Waals surface area contributed by atoms with E-state index in [9.17, 15) is 0 Å². The summed E-state index contributed by atoms with van der Waals surface area (Å²) in [6, 6.07) is 2.69. The fraction of sp³-hybridized carbons (Fsp3) is 0.615. The van der Waals surface area contributed by atoms with Crippen molar-refractivity contribution in [2.45, 2.75) is 38.6 Å². The van der Waals surface area contributed by atoms with Crippen LogP contribution < -0.4 is 10.6 Å². The fourth-order valence-electron chi connectivity index (χ4n) is 2.94. The van der Waals surface area contributed by atoms with E-state index in [-0.39, 0.29) is 0 Å². The van der Waals surface area contributed by atoms with Gasteiger partial charge in [-0.3, -0.25) is 0 Å². The number of nitrogens with one attached hydrogen (secondary N) is 2. The molecule has 2 aliphatic rings. The second-order valence-corrected chi connectivity index (χ2v) is 5.03. The van der Waals surface area contributed by atoms with Crippen molar-refractivity contribution >= 4 is 11.5 Å². The summed E-state index contributed by atoms with van der Waals surface area (Å²) in [5.41, 5.74) is 2.49. The third kappa shape index (κ3) is 1.64. The smallest absolute Gasteiger partial charge is 0.149 e. The molecular formula is C13H19N3. The highest BCUT2D eigenvalue weighted by molar-refractivity contribution is 5.69. The Kier molecular flexibility index (Phi) is 2.46. The molecule has 0 spiro atoms. The minimum atomic E-state index is 0.622. The Labute approximate surface area is 96.7 Å². The van der Waals surface area contributed by atoms with Crippen molar-refractivity contribution in [1.29, 1.82) is 0 Å². The van der Waals surface area contributed by atoms with E-state index in [2.05, 4.69) is 28.6 Å². The number of rotatable bonds is 0. The molecule has 2 unspecified atom stereocenters. The highest BCUT2D eigenvalue weighted by Crippen LogP contribution is 2.33. The van der Waals surface area contributed by atoms with Crippen LogP contribution in [0.3, 0.4) is 0 Å². The second kappa shape index (κ2) is 3.96. The summed E-state index contributed by atoms with van der Waals surface area (Å²) in [6.07, 6.45) is 7.27. The monoisotopic (exact) mass is 217 g/mol. The fourth-order valence-corrected chi connectivity index (χ4v) is 2.94. The lowest BCUT2D eigenvalue weighted by Crippen LogP contribution is -2.34. The molecule has 1 saturated carbocycles. The van der Waals surface area contributed by atoms with Gasteiger partial charge in [-0.2, -0.15) is 0 Å². The van der Waals surface area contributed by atoms with Gasteiger partial charge in [0.2, 0.25) is 0 Å². The Bertz CT molecular complexity index is 389. The number of hydrogen-bond donors (Lipinski definition) is 2. The lowest BCUT2D eigenvalue weighted by Gasteiger charge is -2.30. The van der Waals surface area contributed by atoms with Gasteiger partial charge < -0.3 is 10.6 Å². The zero-order chi connectivity index (χ0) is 11.0. The molecular weight excluding hydrogens is 198 g/mol. The molecule has 1 fully saturated rings. The largest absolute Gasteiger partial charge is 0.381 e. The molecule has 2 heterocycles. The molecule has 0 radical (unpaired) electrons. The maximum atomic E-state index is 4.46. The molecule has 3 nitrogen and oxygen atoms in total. The minimum absolute atomic E-state index is 0.622. The molecule has 86 valence electrons. The summed E-state index contributed by atoms with van der Waals surface area (Å²) in [5.74, 6) is 1.82. The summed E-state index contributed by atoms with van der Waals surface area (Å²) in [7, 11) is 0. The van der Waals surface area contributed by atoms with Gasteiger partial charge in [-0.25, -0.2) is 4.98 Å². The van der Waals surface area contributed by atoms with Crippen molar-refractivity contribution in [3.8, 4) is 0 Å². The first-order valence-electron chi connectivity index (χ1n) is 6.30. The molecule has 0 amide bonds. The van der Waals surface area contributed by atoms with Gasteiger partial charge in [-0.05, 0) is 37.3 Å². The zero-order valence-electron chi connectivity index (χ0n) is 9.79. The highest BCUT2D eigenvalue weighted by Gasteiger charge is 2.28. The van der Waals surface area contributed by atoms with Crippen molar-refractivity contribution < 1.29 is 0 Å². The first kappa shape index (κ1) is 9.94. The number of fused-ring (bicyclic) bond motifs is 2. The maximum absolute atomic E-state index is 4.46. The molecule has 3 heteroatoms. The normalized spacial score (nSPS) is 28.1. The predicted molar refractivity (Wildman–Crippen MR) is 66.8 cm³/mol. The van der Waals surface area contributed by atoms with E-state index >= 15 is 0 Å². The van der Waals surface area contributed by atoms with Crippen LogP contribution in [0.15, 0.2) is 12.3 Å². The van der Waals surface area contributed by atoms with Crippen LogP contribution in [0.2, 0.25) is 0 Å². The first-order valence-corrected chi connectivity index (χ1v) is 6.30. The number of aromatic nitrogens is 1. The standard InChI is InChI=1S/C13H19N3/c1-9-6-7-14-13-12(9)15-8-10-4-2-3-5-11(10)16-13/h6-7,10-11,15H,2-5,8H2,1H3,(H,14,16). The molecule has 2 N–H and O–H groups in total. The second-order valence-electron chi connectivity index (χ2n) is 5.03. The number of anilines is 2. The molecule has 1 aliphatic heterocycles. The van der Waals surface area contributed by atoms with Gasteiger partial charge in [0.25, 0.3) is 0 Å². The molecule has 2 atom stereocenters. The van der Waals surface area contributed by atoms with Gasteiger partial charge in [0.15, 0.2) is 0 Å². The Morgan fingerprint density at radius 3 is 3.12 bits per heavy atom. The molecule has 1 aromatic heterocycles. The van der Waals surface area contributed by atoms with Gasteiger partial charge in [0.1, 0.15) is 5.82 Å². The molecule has 1 aromatic rings. The summed E-state index contributed by atoms with van der Waals surface area (Å²) in [5, 5.41) is 7.20. The third-order valence-corrected chi connectivity index (χ3v) is 3.93. The van der Waals surface area contributed by atoms with Crippen LogP contribution in [-0.4, -0.2) is 17.6 Å². The zero-order valence-corrected chi connectivity index (χ0v) is 9.79. The molecule has 16 heavy (non-hydrogen) atoms. The van der Waals surface area contributed by atoms with Crippen LogP contribution in [0.25, 0.3) is 0 Å². The van der Waals surface area contributed by atoms with Crippen molar-refractivity contribution in [2.24, 2.45) is 5.92 Å². The van der Waals surface area contributed by atoms with Crippen molar-refractivity contribution in [3.63, 3.8) is 0 Å². The Morgan fingerprint density at radius 2 is 2.19 bits per heavy atom. The number of aryl methyl sites for hydroxylation is 1. The molecule has 1 aliphatic carbocycles. The first-order chi connectivity index (χ1) is 7.84. The van der Waals surface area contributed by atoms with Crippen molar-refractivity contribution in [2.75, 3.05) is 17.2 Å². The van der Waals surface area contributed by atoms with Gasteiger partial charge in [-0.15, -0.1) is 0 Å². The van der Waals surface area contributed by atoms with Crippen LogP contribution in [0, 0.1) is 12.8 Å². The van der Waals surface area contributed by atoms with E-state index in [4.69, 9.17) is 0 Å². The highest BCUT2D eigenvalue weighted by atomic mass is 15.1. The van der Waals surface area contributed by atoms with Crippen LogP contribution in [0.1, 0.15) is 31.2 Å². The van der Waals surface area contributed by atoms with E-state index in [0.717, 1.165) is 18.3 Å². The summed E-state index contributed by atoms with van der Waals surface area (Å²) >= 11 is 0. The third-order valence-electron chi connectivity index (χ3n) is 3.93. The topological polar surface area (TPSA) is 37.0 Å². The van der Waals surface area contributed by atoms with Gasteiger partial charge >= 0.3 is 0 Å². The average Bonchev–Trinajstić information content (AvgIpc) is 2.48. The molecule has 0 aromatic carbocycles. The van der Waals surface area contributed by atoms with Crippen molar-refractivity contribution in [1.82, 2.24) is 4.98 Å². The van der Waals surface area contributed by atoms with Crippen LogP contribution in [0.5, 0.6) is 0 Å². The predicted octanol–water partition coefficient (Wildman–Crippen LogP) is 2.79. The number of hydrogen-bond acceptors (Lipinski definition) is 3. The van der Waals surface area contributed by atoms with Gasteiger partial charge in [0, 0.05) is 18.8 Å². The molecule has 3 rings (SSSR count). The molecule has 0 bridgehead atoms. The van der Waals surface area contributed by atoms with Crippen LogP contribution in [0.4, 0.5) is 11.5 Å². The van der Waals surface area contributed by atoms with Gasteiger partial charge in [-0.1, -0.05) is 12.8 Å².